The second kappa shape index (κ2) is 6.46. The van der Waals surface area contributed by atoms with E-state index in [1.54, 1.807) is 0 Å². The maximum atomic E-state index is 13.1. The number of carbonyl (C=O) groups excluding carboxylic acids is 1. The van der Waals surface area contributed by atoms with Crippen LogP contribution < -0.4 is 4.74 Å². The third kappa shape index (κ3) is 3.55. The van der Waals surface area contributed by atoms with E-state index in [4.69, 9.17) is 9.84 Å². The van der Waals surface area contributed by atoms with Crippen molar-refractivity contribution in [1.29, 1.82) is 0 Å². The Morgan fingerprint density at radius 1 is 1.21 bits per heavy atom. The minimum absolute atomic E-state index is 0.0906. The number of hydrogen-bond acceptors (Lipinski definition) is 3. The molecule has 2 aliphatic carbocycles. The van der Waals surface area contributed by atoms with E-state index in [-0.39, 0.29) is 12.5 Å². The first kappa shape index (κ1) is 16.8. The number of carbonyl (C=O) groups is 2. The minimum atomic E-state index is -1.01. The van der Waals surface area contributed by atoms with Gasteiger partial charge in [0.15, 0.2) is 6.61 Å². The Hall–Kier alpha value is -2.04. The van der Waals surface area contributed by atoms with Crippen molar-refractivity contribution in [2.45, 2.75) is 58.5 Å². The lowest BCUT2D eigenvalue weighted by molar-refractivity contribution is -0.139. The van der Waals surface area contributed by atoms with E-state index in [1.165, 1.54) is 12.8 Å². The van der Waals surface area contributed by atoms with Gasteiger partial charge in [0.25, 0.3) is 5.91 Å². The zero-order valence-electron chi connectivity index (χ0n) is 14.5. The average Bonchev–Trinajstić information content (AvgIpc) is 3.36. The molecule has 0 saturated heterocycles. The first-order valence-corrected chi connectivity index (χ1v) is 8.67. The number of carboxylic acid groups (broad SMARTS) is 1. The maximum Gasteiger partial charge on any atom is 0.341 e. The van der Waals surface area contributed by atoms with Crippen molar-refractivity contribution in [2.75, 3.05) is 6.61 Å². The molecule has 1 N–H and O–H groups in total. The van der Waals surface area contributed by atoms with Crippen molar-refractivity contribution in [3.05, 3.63) is 28.8 Å². The van der Waals surface area contributed by atoms with Gasteiger partial charge in [0.2, 0.25) is 0 Å². The standard InChI is InChI=1S/C19H25NO4/c1-11-8-15(9-12(2)18(11)24-10-17(21)22)19(23)20(16-6-7-16)13(3)14-4-5-14/h8-9,13-14,16H,4-7,10H2,1-3H3,(H,21,22)/t13-/m1/s1. The molecule has 2 fully saturated rings. The fourth-order valence-electron chi connectivity index (χ4n) is 3.43. The number of aliphatic carboxylic acids is 1. The first-order chi connectivity index (χ1) is 11.4. The summed E-state index contributed by atoms with van der Waals surface area (Å²) in [6.45, 7) is 5.50. The second-order valence-electron chi connectivity index (χ2n) is 7.14. The first-order valence-electron chi connectivity index (χ1n) is 8.67. The van der Waals surface area contributed by atoms with Crippen LogP contribution in [0.3, 0.4) is 0 Å². The number of benzene rings is 1. The molecular formula is C19H25NO4. The molecule has 24 heavy (non-hydrogen) atoms. The van der Waals surface area contributed by atoms with Gasteiger partial charge in [-0.05, 0) is 75.6 Å². The lowest BCUT2D eigenvalue weighted by atomic mass is 10.0. The van der Waals surface area contributed by atoms with Crippen LogP contribution >= 0.6 is 0 Å². The summed E-state index contributed by atoms with van der Waals surface area (Å²) in [7, 11) is 0. The highest BCUT2D eigenvalue weighted by Crippen LogP contribution is 2.40. The van der Waals surface area contributed by atoms with Gasteiger partial charge in [0, 0.05) is 17.6 Å². The van der Waals surface area contributed by atoms with Crippen LogP contribution in [-0.2, 0) is 4.79 Å². The molecule has 5 nitrogen and oxygen atoms in total. The van der Waals surface area contributed by atoms with Crippen molar-refractivity contribution in [3.63, 3.8) is 0 Å². The second-order valence-corrected chi connectivity index (χ2v) is 7.14. The highest BCUT2D eigenvalue weighted by Gasteiger charge is 2.42. The topological polar surface area (TPSA) is 66.8 Å². The van der Waals surface area contributed by atoms with E-state index in [0.29, 0.717) is 29.3 Å². The lowest BCUT2D eigenvalue weighted by Crippen LogP contribution is -2.41. The molecule has 3 rings (SSSR count). The Morgan fingerprint density at radius 3 is 2.25 bits per heavy atom. The zero-order valence-corrected chi connectivity index (χ0v) is 14.5. The number of hydrogen-bond donors (Lipinski definition) is 1. The number of amides is 1. The predicted octanol–water partition coefficient (Wildman–Crippen LogP) is 3.17. The number of ether oxygens (including phenoxy) is 1. The molecular weight excluding hydrogens is 306 g/mol. The van der Waals surface area contributed by atoms with E-state index in [9.17, 15) is 9.59 Å². The molecule has 0 aliphatic heterocycles. The van der Waals surface area contributed by atoms with Crippen molar-refractivity contribution in [1.82, 2.24) is 4.90 Å². The fourth-order valence-corrected chi connectivity index (χ4v) is 3.43. The molecule has 1 aromatic rings. The van der Waals surface area contributed by atoms with E-state index in [1.807, 2.05) is 26.0 Å². The molecule has 0 heterocycles. The van der Waals surface area contributed by atoms with Gasteiger partial charge < -0.3 is 14.7 Å². The Bertz CT molecular complexity index is 638. The molecule has 0 unspecified atom stereocenters. The van der Waals surface area contributed by atoms with E-state index >= 15 is 0 Å². The van der Waals surface area contributed by atoms with Gasteiger partial charge in [0.05, 0.1) is 0 Å². The predicted molar refractivity (Wildman–Crippen MR) is 90.4 cm³/mol. The summed E-state index contributed by atoms with van der Waals surface area (Å²) in [6.07, 6.45) is 4.64. The molecule has 2 aliphatic rings. The van der Waals surface area contributed by atoms with E-state index in [2.05, 4.69) is 11.8 Å². The molecule has 1 atom stereocenters. The molecule has 2 saturated carbocycles. The van der Waals surface area contributed by atoms with Crippen molar-refractivity contribution < 1.29 is 19.4 Å². The van der Waals surface area contributed by atoms with Gasteiger partial charge in [-0.1, -0.05) is 0 Å². The van der Waals surface area contributed by atoms with Gasteiger partial charge in [-0.25, -0.2) is 4.79 Å². The molecule has 1 amide bonds. The summed E-state index contributed by atoms with van der Waals surface area (Å²) in [4.78, 5) is 25.8. The van der Waals surface area contributed by atoms with E-state index < -0.39 is 5.97 Å². The summed E-state index contributed by atoms with van der Waals surface area (Å²) in [5.74, 6) is 0.289. The third-order valence-corrected chi connectivity index (χ3v) is 4.97. The number of aryl methyl sites for hydroxylation is 2. The van der Waals surface area contributed by atoms with E-state index in [0.717, 1.165) is 24.0 Å². The quantitative estimate of drug-likeness (QED) is 0.833. The Morgan fingerprint density at radius 2 is 1.79 bits per heavy atom. The summed E-state index contributed by atoms with van der Waals surface area (Å²) in [5.41, 5.74) is 2.27. The maximum absolute atomic E-state index is 13.1. The molecule has 0 radical (unpaired) electrons. The van der Waals surface area contributed by atoms with Crippen LogP contribution in [0.1, 0.15) is 54.1 Å². The molecule has 0 spiro atoms. The largest absolute Gasteiger partial charge is 0.481 e. The monoisotopic (exact) mass is 331 g/mol. The van der Waals surface area contributed by atoms with Crippen molar-refractivity contribution >= 4 is 11.9 Å². The van der Waals surface area contributed by atoms with Gasteiger partial charge in [-0.15, -0.1) is 0 Å². The molecule has 5 heteroatoms. The van der Waals surface area contributed by atoms with Crippen LogP contribution in [0.15, 0.2) is 12.1 Å². The lowest BCUT2D eigenvalue weighted by Gasteiger charge is -2.30. The number of rotatable bonds is 7. The molecule has 130 valence electrons. The van der Waals surface area contributed by atoms with Crippen LogP contribution in [0.2, 0.25) is 0 Å². The average molecular weight is 331 g/mol. The third-order valence-electron chi connectivity index (χ3n) is 4.97. The number of carboxylic acids is 1. The molecule has 1 aromatic carbocycles. The summed E-state index contributed by atoms with van der Waals surface area (Å²) in [5, 5.41) is 8.77. The highest BCUT2D eigenvalue weighted by atomic mass is 16.5. The van der Waals surface area contributed by atoms with Gasteiger partial charge in [-0.3, -0.25) is 4.79 Å². The minimum Gasteiger partial charge on any atom is -0.481 e. The summed E-state index contributed by atoms with van der Waals surface area (Å²) < 4.78 is 5.36. The summed E-state index contributed by atoms with van der Waals surface area (Å²) >= 11 is 0. The van der Waals surface area contributed by atoms with Gasteiger partial charge >= 0.3 is 5.97 Å². The van der Waals surface area contributed by atoms with Crippen molar-refractivity contribution in [3.8, 4) is 5.75 Å². The number of nitrogens with zero attached hydrogens (tertiary/aromatic N) is 1. The summed E-state index contributed by atoms with van der Waals surface area (Å²) in [6, 6.07) is 4.33. The highest BCUT2D eigenvalue weighted by molar-refractivity contribution is 5.95. The zero-order chi connectivity index (χ0) is 17.4. The van der Waals surface area contributed by atoms with Crippen LogP contribution in [0.4, 0.5) is 0 Å². The van der Waals surface area contributed by atoms with Crippen LogP contribution in [0.5, 0.6) is 5.75 Å². The normalized spacial score (nSPS) is 18.1. The smallest absolute Gasteiger partial charge is 0.341 e. The SMILES string of the molecule is Cc1cc(C(=O)N(C2CC2)[C@H](C)C2CC2)cc(C)c1OCC(=O)O. The van der Waals surface area contributed by atoms with Gasteiger partial charge in [0.1, 0.15) is 5.75 Å². The van der Waals surface area contributed by atoms with Gasteiger partial charge in [-0.2, -0.15) is 0 Å². The van der Waals surface area contributed by atoms with Crippen LogP contribution in [-0.4, -0.2) is 40.6 Å². The molecule has 0 aromatic heterocycles. The van der Waals surface area contributed by atoms with Crippen LogP contribution in [0, 0.1) is 19.8 Å². The van der Waals surface area contributed by atoms with Crippen LogP contribution in [0.25, 0.3) is 0 Å². The van der Waals surface area contributed by atoms with Crippen molar-refractivity contribution in [2.24, 2.45) is 5.92 Å². The Balaban J connectivity index is 1.82. The molecule has 0 bridgehead atoms. The Kier molecular flexibility index (Phi) is 4.52. The fraction of sp³-hybridized carbons (Fsp3) is 0.579. The Labute approximate surface area is 142 Å².